The van der Waals surface area contributed by atoms with Gasteiger partial charge in [0.1, 0.15) is 10.6 Å². The predicted molar refractivity (Wildman–Crippen MR) is 109 cm³/mol. The third-order valence-corrected chi connectivity index (χ3v) is 7.04. The molecule has 27 heavy (non-hydrogen) atoms. The summed E-state index contributed by atoms with van der Waals surface area (Å²) in [4.78, 5) is 2.48. The van der Waals surface area contributed by atoms with Crippen molar-refractivity contribution in [2.45, 2.75) is 37.6 Å². The maximum atomic E-state index is 13.8. The zero-order valence-electron chi connectivity index (χ0n) is 16.5. The number of para-hydroxylation sites is 1. The van der Waals surface area contributed by atoms with Crippen molar-refractivity contribution in [1.82, 2.24) is 4.90 Å². The Morgan fingerprint density at radius 2 is 1.70 bits per heavy atom. The molecule has 146 valence electrons. The lowest BCUT2D eigenvalue weighted by Crippen LogP contribution is -2.46. The van der Waals surface area contributed by atoms with Gasteiger partial charge in [0.05, 0.1) is 12.8 Å². The van der Waals surface area contributed by atoms with Crippen LogP contribution in [0.3, 0.4) is 0 Å². The Balaban J connectivity index is 2.14. The molecule has 0 bridgehead atoms. The summed E-state index contributed by atoms with van der Waals surface area (Å²) < 4.78 is 34.8. The number of hydrogen-bond donors (Lipinski definition) is 0. The van der Waals surface area contributed by atoms with E-state index >= 15 is 0 Å². The second-order valence-electron chi connectivity index (χ2n) is 7.28. The first-order valence-corrected chi connectivity index (χ1v) is 10.7. The highest BCUT2D eigenvalue weighted by molar-refractivity contribution is 7.93. The fourth-order valence-corrected chi connectivity index (χ4v) is 5.85. The molecule has 0 aromatic heterocycles. The summed E-state index contributed by atoms with van der Waals surface area (Å²) in [5.74, 6) is 0.425. The van der Waals surface area contributed by atoms with Crippen LogP contribution in [0.1, 0.15) is 24.0 Å². The van der Waals surface area contributed by atoms with E-state index in [9.17, 15) is 8.42 Å². The predicted octanol–water partition coefficient (Wildman–Crippen LogP) is 3.60. The van der Waals surface area contributed by atoms with Crippen LogP contribution in [0.25, 0.3) is 0 Å². The number of anilines is 1. The third kappa shape index (κ3) is 3.96. The first-order chi connectivity index (χ1) is 12.8. The summed E-state index contributed by atoms with van der Waals surface area (Å²) in [5.41, 5.74) is 2.43. The highest BCUT2D eigenvalue weighted by Gasteiger charge is 2.35. The van der Waals surface area contributed by atoms with Crippen molar-refractivity contribution in [3.63, 3.8) is 0 Å². The second-order valence-corrected chi connectivity index (χ2v) is 9.07. The summed E-state index contributed by atoms with van der Waals surface area (Å²) in [6.07, 6.45) is 1.61. The van der Waals surface area contributed by atoms with Crippen LogP contribution in [-0.2, 0) is 10.0 Å². The van der Waals surface area contributed by atoms with Crippen molar-refractivity contribution < 1.29 is 13.2 Å². The van der Waals surface area contributed by atoms with Gasteiger partial charge in [-0.25, -0.2) is 8.42 Å². The number of nitrogens with zero attached hydrogens (tertiary/aromatic N) is 2. The van der Waals surface area contributed by atoms with Crippen molar-refractivity contribution in [1.29, 1.82) is 0 Å². The molecule has 0 amide bonds. The summed E-state index contributed by atoms with van der Waals surface area (Å²) in [7, 11) is -0.168. The summed E-state index contributed by atoms with van der Waals surface area (Å²) in [6, 6.07) is 13.0. The number of aryl methyl sites for hydroxylation is 2. The van der Waals surface area contributed by atoms with Crippen LogP contribution in [0.2, 0.25) is 0 Å². The number of ether oxygens (including phenoxy) is 1. The number of piperidine rings is 1. The smallest absolute Gasteiger partial charge is 0.268 e. The van der Waals surface area contributed by atoms with E-state index in [0.717, 1.165) is 37.1 Å². The second kappa shape index (κ2) is 7.90. The van der Waals surface area contributed by atoms with Gasteiger partial charge in [0, 0.05) is 6.04 Å². The minimum absolute atomic E-state index is 0.0703. The largest absolute Gasteiger partial charge is 0.495 e. The van der Waals surface area contributed by atoms with E-state index in [1.165, 1.54) is 7.11 Å². The van der Waals surface area contributed by atoms with Gasteiger partial charge in [0.15, 0.2) is 0 Å². The molecule has 1 saturated heterocycles. The van der Waals surface area contributed by atoms with E-state index < -0.39 is 10.0 Å². The maximum Gasteiger partial charge on any atom is 0.268 e. The molecular weight excluding hydrogens is 360 g/mol. The Labute approximate surface area is 162 Å². The zero-order chi connectivity index (χ0) is 19.6. The van der Waals surface area contributed by atoms with Crippen LogP contribution < -0.4 is 9.04 Å². The fourth-order valence-electron chi connectivity index (χ4n) is 3.82. The van der Waals surface area contributed by atoms with Gasteiger partial charge in [-0.05, 0) is 76.2 Å². The van der Waals surface area contributed by atoms with Gasteiger partial charge in [0.2, 0.25) is 0 Å². The van der Waals surface area contributed by atoms with Gasteiger partial charge in [-0.2, -0.15) is 0 Å². The first kappa shape index (κ1) is 19.7. The van der Waals surface area contributed by atoms with Crippen LogP contribution in [-0.4, -0.2) is 46.6 Å². The molecule has 2 aromatic carbocycles. The highest BCUT2D eigenvalue weighted by atomic mass is 32.2. The molecule has 5 nitrogen and oxygen atoms in total. The van der Waals surface area contributed by atoms with Gasteiger partial charge >= 0.3 is 0 Å². The number of sulfonamides is 1. The van der Waals surface area contributed by atoms with Crippen LogP contribution in [0.15, 0.2) is 47.4 Å². The summed E-state index contributed by atoms with van der Waals surface area (Å²) >= 11 is 0. The molecule has 6 heteroatoms. The Bertz CT molecular complexity index is 889. The maximum absolute atomic E-state index is 13.8. The van der Waals surface area contributed by atoms with Crippen molar-refractivity contribution in [3.8, 4) is 5.75 Å². The van der Waals surface area contributed by atoms with Crippen LogP contribution in [0.4, 0.5) is 5.69 Å². The first-order valence-electron chi connectivity index (χ1n) is 9.28. The highest BCUT2D eigenvalue weighted by Crippen LogP contribution is 2.36. The van der Waals surface area contributed by atoms with Gasteiger partial charge in [-0.1, -0.05) is 24.3 Å². The molecule has 0 aliphatic carbocycles. The molecule has 1 heterocycles. The van der Waals surface area contributed by atoms with E-state index in [0.29, 0.717) is 11.4 Å². The molecule has 1 aliphatic heterocycles. The Morgan fingerprint density at radius 1 is 1.07 bits per heavy atom. The lowest BCUT2D eigenvalue weighted by atomic mass is 10.1. The number of methoxy groups -OCH3 is 1. The monoisotopic (exact) mass is 388 g/mol. The van der Waals surface area contributed by atoms with E-state index in [-0.39, 0.29) is 10.9 Å². The average Bonchev–Trinajstić information content (AvgIpc) is 2.64. The average molecular weight is 389 g/mol. The quantitative estimate of drug-likeness (QED) is 0.785. The molecule has 0 radical (unpaired) electrons. The SMILES string of the molecule is COc1c(C)cc(C)cc1S(=O)(=O)N(c1ccccc1)C1CCN(C)CC1. The number of hydrogen-bond acceptors (Lipinski definition) is 4. The van der Waals surface area contributed by atoms with E-state index in [1.807, 2.05) is 50.2 Å². The lowest BCUT2D eigenvalue weighted by molar-refractivity contribution is 0.257. The molecule has 3 rings (SSSR count). The summed E-state index contributed by atoms with van der Waals surface area (Å²) in [6.45, 7) is 5.56. The molecule has 0 N–H and O–H groups in total. The van der Waals surface area contributed by atoms with Crippen molar-refractivity contribution >= 4 is 15.7 Å². The van der Waals surface area contributed by atoms with Crippen molar-refractivity contribution in [3.05, 3.63) is 53.6 Å². The van der Waals surface area contributed by atoms with E-state index in [2.05, 4.69) is 11.9 Å². The van der Waals surface area contributed by atoms with Crippen LogP contribution >= 0.6 is 0 Å². The fraction of sp³-hybridized carbons (Fsp3) is 0.429. The Hall–Kier alpha value is -2.05. The number of benzene rings is 2. The molecule has 0 saturated carbocycles. The normalized spacial score (nSPS) is 16.3. The van der Waals surface area contributed by atoms with E-state index in [1.54, 1.807) is 10.4 Å². The summed E-state index contributed by atoms with van der Waals surface area (Å²) in [5, 5.41) is 0. The van der Waals surface area contributed by atoms with Crippen LogP contribution in [0, 0.1) is 13.8 Å². The Kier molecular flexibility index (Phi) is 5.77. The van der Waals surface area contributed by atoms with Gasteiger partial charge in [-0.15, -0.1) is 0 Å². The molecule has 0 unspecified atom stereocenters. The number of likely N-dealkylation sites (tertiary alicyclic amines) is 1. The van der Waals surface area contributed by atoms with Gasteiger partial charge in [0.25, 0.3) is 10.0 Å². The molecule has 0 spiro atoms. The molecule has 1 aliphatic rings. The van der Waals surface area contributed by atoms with Gasteiger partial charge < -0.3 is 9.64 Å². The Morgan fingerprint density at radius 3 is 2.30 bits per heavy atom. The van der Waals surface area contributed by atoms with Crippen molar-refractivity contribution in [2.24, 2.45) is 0 Å². The zero-order valence-corrected chi connectivity index (χ0v) is 17.3. The molecule has 1 fully saturated rings. The minimum atomic E-state index is -3.77. The molecular formula is C21H28N2O3S. The lowest BCUT2D eigenvalue weighted by Gasteiger charge is -2.38. The van der Waals surface area contributed by atoms with E-state index in [4.69, 9.17) is 4.74 Å². The minimum Gasteiger partial charge on any atom is -0.495 e. The number of rotatable bonds is 5. The topological polar surface area (TPSA) is 49.9 Å². The molecule has 2 aromatic rings. The van der Waals surface area contributed by atoms with Crippen LogP contribution in [0.5, 0.6) is 5.75 Å². The standard InChI is InChI=1S/C21H28N2O3S/c1-16-14-17(2)21(26-4)20(15-16)27(24,25)23(18-8-6-5-7-9-18)19-10-12-22(3)13-11-19/h5-9,14-15,19H,10-13H2,1-4H3. The third-order valence-electron chi connectivity index (χ3n) is 5.16. The molecule has 0 atom stereocenters. The van der Waals surface area contributed by atoms with Gasteiger partial charge in [-0.3, -0.25) is 4.31 Å². The van der Waals surface area contributed by atoms with Crippen molar-refractivity contribution in [2.75, 3.05) is 31.6 Å².